The fraction of sp³-hybridized carbons (Fsp3) is 0.479. The Morgan fingerprint density at radius 3 is 0.721 bits per heavy atom. The molecule has 0 saturated heterocycles. The van der Waals surface area contributed by atoms with E-state index in [-0.39, 0.29) is 27.1 Å². The zero-order chi connectivity index (χ0) is 96.8. The number of aryl methyl sites for hydroxylation is 23. The molecule has 0 fully saturated rings. The van der Waals surface area contributed by atoms with Crippen molar-refractivity contribution in [2.24, 2.45) is 0 Å². The van der Waals surface area contributed by atoms with Gasteiger partial charge in [-0.3, -0.25) is 0 Å². The first kappa shape index (κ1) is 98.0. The van der Waals surface area contributed by atoms with Crippen molar-refractivity contribution in [2.45, 2.75) is 386 Å². The van der Waals surface area contributed by atoms with Crippen LogP contribution in [0.4, 0.5) is 0 Å². The van der Waals surface area contributed by atoms with Crippen LogP contribution >= 0.6 is 0 Å². The highest BCUT2D eigenvalue weighted by atomic mass is 14.9. The Kier molecular flexibility index (Phi) is 25.8. The fourth-order valence-electron chi connectivity index (χ4n) is 21.5. The first-order valence-electron chi connectivity index (χ1n) is 47.4. The van der Waals surface area contributed by atoms with Crippen molar-refractivity contribution < 1.29 is 0 Å². The SMILES string of the molecule is Cc1nc(C(C)(C)C)c2c(C)c(C)c(C)c(C)c2n1.Cc1nc(C(C)(C)C)c2c(C)c(C)c3c(C)c(C)c(C)c(C)c3c2n1.Cc1nc(C(C)(C)C)c2c(C)c3c(C)c(C)c(C)c(C)c3c(C)c2n1.Cc1nc(C(C)(C)C)c2c(n1)c(C)c(C)c1c(C)c(C)c(C)c(C)c12.Cc1nc(C(C)(C)C)nc2c1Cc1c(c3c(C)c(C)c(C)c(C)c3c3c(C)c(C)c(C)c(C)c13)C2. The summed E-state index contributed by atoms with van der Waals surface area (Å²) >= 11 is 0. The van der Waals surface area contributed by atoms with Gasteiger partial charge in [0.25, 0.3) is 0 Å². The van der Waals surface area contributed by atoms with Gasteiger partial charge in [0.15, 0.2) is 0 Å². The topological polar surface area (TPSA) is 129 Å². The first-order valence-corrected chi connectivity index (χ1v) is 47.4. The summed E-state index contributed by atoms with van der Waals surface area (Å²) in [5.41, 5.74) is 57.1. The zero-order valence-electron chi connectivity index (χ0n) is 89.4. The summed E-state index contributed by atoms with van der Waals surface area (Å²) in [7, 11) is 0. The third-order valence-corrected chi connectivity index (χ3v) is 31.2. The van der Waals surface area contributed by atoms with Gasteiger partial charge in [0.2, 0.25) is 0 Å². The van der Waals surface area contributed by atoms with Crippen molar-refractivity contribution in [1.29, 1.82) is 0 Å². The Morgan fingerprint density at radius 1 is 0.147 bits per heavy atom. The molecule has 0 amide bonds. The van der Waals surface area contributed by atoms with E-state index < -0.39 is 0 Å². The lowest BCUT2D eigenvalue weighted by molar-refractivity contribution is 0.537. The summed E-state index contributed by atoms with van der Waals surface area (Å²) in [6.45, 7) is 111. The van der Waals surface area contributed by atoms with E-state index in [1.54, 1.807) is 0 Å². The lowest BCUT2D eigenvalue weighted by Crippen LogP contribution is -2.22. The van der Waals surface area contributed by atoms with Crippen LogP contribution < -0.4 is 0 Å². The summed E-state index contributed by atoms with van der Waals surface area (Å²) in [6, 6.07) is 0. The van der Waals surface area contributed by atoms with Crippen molar-refractivity contribution in [3.8, 4) is 0 Å². The average molecular weight is 1720 g/mol. The van der Waals surface area contributed by atoms with Gasteiger partial charge in [-0.1, -0.05) is 104 Å². The molecule has 0 atom stereocenters. The predicted molar refractivity (Wildman–Crippen MR) is 559 cm³/mol. The van der Waals surface area contributed by atoms with Gasteiger partial charge in [-0.15, -0.1) is 0 Å². The van der Waals surface area contributed by atoms with Gasteiger partial charge in [0, 0.05) is 72.5 Å². The molecule has 0 bridgehead atoms. The van der Waals surface area contributed by atoms with E-state index in [4.69, 9.17) is 49.8 Å². The second kappa shape index (κ2) is 34.0. The molecular weight excluding hydrogens is 1570 g/mol. The molecule has 1 aliphatic rings. The van der Waals surface area contributed by atoms with Gasteiger partial charge in [-0.25, -0.2) is 49.8 Å². The molecule has 0 spiro atoms. The van der Waals surface area contributed by atoms with E-state index in [1.165, 1.54) is 270 Å². The second-order valence-electron chi connectivity index (χ2n) is 44.5. The predicted octanol–water partition coefficient (Wildman–Crippen LogP) is 31.5. The molecule has 16 rings (SSSR count). The maximum Gasteiger partial charge on any atom is 0.134 e. The van der Waals surface area contributed by atoms with Gasteiger partial charge < -0.3 is 0 Å². The van der Waals surface area contributed by atoms with Crippen molar-refractivity contribution in [2.75, 3.05) is 0 Å². The number of fused-ring (bicyclic) bond motifs is 16. The molecule has 10 aromatic carbocycles. The lowest BCUT2D eigenvalue weighted by atomic mass is 9.75. The molecule has 10 heteroatoms. The second-order valence-corrected chi connectivity index (χ2v) is 44.5. The highest BCUT2D eigenvalue weighted by Gasteiger charge is 2.35. The molecule has 15 aromatic rings. The molecule has 680 valence electrons. The van der Waals surface area contributed by atoms with Crippen molar-refractivity contribution in [1.82, 2.24) is 49.8 Å². The van der Waals surface area contributed by atoms with Crippen LogP contribution in [-0.4, -0.2) is 49.8 Å². The maximum absolute atomic E-state index is 5.18. The molecule has 10 nitrogen and oxygen atoms in total. The molecule has 0 saturated carbocycles. The quantitative estimate of drug-likeness (QED) is 0.107. The Bertz CT molecular complexity index is 7300. The molecule has 0 N–H and O–H groups in total. The van der Waals surface area contributed by atoms with Gasteiger partial charge >= 0.3 is 0 Å². The molecule has 5 heterocycles. The van der Waals surface area contributed by atoms with E-state index in [0.717, 1.165) is 86.8 Å². The fourth-order valence-corrected chi connectivity index (χ4v) is 21.5. The van der Waals surface area contributed by atoms with E-state index in [2.05, 4.69) is 318 Å². The molecule has 0 unspecified atom stereocenters. The van der Waals surface area contributed by atoms with Gasteiger partial charge in [-0.05, 0) is 474 Å². The number of nitrogens with zero attached hydrogens (tertiary/aromatic N) is 10. The summed E-state index contributed by atoms with van der Waals surface area (Å²) < 4.78 is 0. The van der Waals surface area contributed by atoms with Crippen LogP contribution in [0, 0.1) is 242 Å². The number of aromatic nitrogens is 10. The van der Waals surface area contributed by atoms with Crippen LogP contribution in [0.25, 0.3) is 97.5 Å². The Balaban J connectivity index is 0.000000148. The Morgan fingerprint density at radius 2 is 0.364 bits per heavy atom. The van der Waals surface area contributed by atoms with Crippen LogP contribution in [0.2, 0.25) is 0 Å². The standard InChI is InChI=1S/C33H40N2.3C23H30N2.C17H24N2/c1-15-17(3)21(7)30-28(19(15)5)25-13-24-23(9)34-32(33(10,11)12)35-27(24)14-26(25)29-20(6)16(2)18(4)22(8)31(29)30;1-11-12(2)14(4)19-16(6)21-20(15(5)18(19)13(11)3)22(23(8,9)10)25-17(7)24-21;1-11-12(2)14(4)19-18(13(11)3)15(5)16(6)21-20(19)22(23(8,9)10)25-17(7)24-21;1-11-12(2)14(4)19-18(13(11)3)15(5)16(6)20-21(19)24-17(7)25-22(20)23(8,9)10;1-9-10(2)12(4)15-14(11(9)3)16(17(6,7)8)19-13(5)18-15/h13-14H2,1-12H3;3*1-10H3;1-8H3. The van der Waals surface area contributed by atoms with E-state index in [0.29, 0.717) is 0 Å². The van der Waals surface area contributed by atoms with Crippen LogP contribution in [0.5, 0.6) is 0 Å². The Hall–Kier alpha value is -10.1. The summed E-state index contributed by atoms with van der Waals surface area (Å²) in [5.74, 6) is 4.40. The van der Waals surface area contributed by atoms with Crippen LogP contribution in [0.1, 0.15) is 351 Å². The van der Waals surface area contributed by atoms with Crippen LogP contribution in [0.15, 0.2) is 0 Å². The van der Waals surface area contributed by atoms with Crippen molar-refractivity contribution in [3.05, 3.63) is 247 Å². The van der Waals surface area contributed by atoms with E-state index >= 15 is 0 Å². The molecule has 0 radical (unpaired) electrons. The largest absolute Gasteiger partial charge is 0.237 e. The molecule has 0 aliphatic heterocycles. The number of hydrogen-bond acceptors (Lipinski definition) is 10. The monoisotopic (exact) mass is 1720 g/mol. The van der Waals surface area contributed by atoms with Crippen molar-refractivity contribution >= 4 is 97.5 Å². The van der Waals surface area contributed by atoms with E-state index in [1.807, 2.05) is 27.7 Å². The highest BCUT2D eigenvalue weighted by Crippen LogP contribution is 2.50. The Labute approximate surface area is 775 Å². The summed E-state index contributed by atoms with van der Waals surface area (Å²) in [6.07, 6.45) is 1.80. The van der Waals surface area contributed by atoms with Crippen molar-refractivity contribution in [3.63, 3.8) is 0 Å². The first-order chi connectivity index (χ1) is 59.3. The number of rotatable bonds is 0. The number of benzene rings is 10. The average Bonchev–Trinajstić information content (AvgIpc) is 0.700. The number of hydrogen-bond donors (Lipinski definition) is 0. The lowest BCUT2D eigenvalue weighted by Gasteiger charge is -2.30. The van der Waals surface area contributed by atoms with Crippen LogP contribution in [-0.2, 0) is 39.9 Å². The van der Waals surface area contributed by atoms with Gasteiger partial charge in [0.05, 0.1) is 50.5 Å². The zero-order valence-corrected chi connectivity index (χ0v) is 89.4. The molecule has 129 heavy (non-hydrogen) atoms. The van der Waals surface area contributed by atoms with E-state index in [9.17, 15) is 0 Å². The molecular formula is C119H154N10. The molecule has 1 aliphatic carbocycles. The summed E-state index contributed by atoms with van der Waals surface area (Å²) in [4.78, 5) is 48.9. The minimum absolute atomic E-state index is 0.0144. The van der Waals surface area contributed by atoms with Gasteiger partial charge in [-0.2, -0.15) is 0 Å². The van der Waals surface area contributed by atoms with Gasteiger partial charge in [0.1, 0.15) is 29.1 Å². The minimum Gasteiger partial charge on any atom is -0.237 e. The summed E-state index contributed by atoms with van der Waals surface area (Å²) in [5, 5.41) is 19.1. The minimum atomic E-state index is -0.0614. The maximum atomic E-state index is 5.18. The third-order valence-electron chi connectivity index (χ3n) is 31.2. The molecule has 5 aromatic heterocycles. The third kappa shape index (κ3) is 16.3. The highest BCUT2D eigenvalue weighted by molar-refractivity contribution is 6.18. The van der Waals surface area contributed by atoms with Crippen LogP contribution in [0.3, 0.4) is 0 Å². The smallest absolute Gasteiger partial charge is 0.134 e. The normalized spacial score (nSPS) is 12.7.